The molecular formula is C19H13Br2NO2. The Balaban J connectivity index is 2.11. The molecule has 0 saturated carbocycles. The molecule has 2 aromatic carbocycles. The maximum absolute atomic E-state index is 12.5. The van der Waals surface area contributed by atoms with Crippen LogP contribution in [0.15, 0.2) is 55.9 Å². The number of phenolic OH excluding ortho intramolecular Hbond substituents is 1. The van der Waals surface area contributed by atoms with Crippen LogP contribution >= 0.6 is 31.9 Å². The van der Waals surface area contributed by atoms with Gasteiger partial charge in [-0.15, -0.1) is 0 Å². The van der Waals surface area contributed by atoms with Crippen LogP contribution in [0.4, 0.5) is 5.69 Å². The second-order valence-electron chi connectivity index (χ2n) is 6.47. The number of rotatable bonds is 0. The van der Waals surface area contributed by atoms with Gasteiger partial charge < -0.3 is 5.11 Å². The van der Waals surface area contributed by atoms with Gasteiger partial charge in [0, 0.05) is 22.1 Å². The molecule has 0 spiro atoms. The number of hydrogen-bond donors (Lipinski definition) is 1. The maximum Gasteiger partial charge on any atom is 0.186 e. The molecule has 1 aliphatic carbocycles. The summed E-state index contributed by atoms with van der Waals surface area (Å²) < 4.78 is 1.19. The SMILES string of the molecule is CC1(C)C2=CC(=O)c3ccccc3C2=Nc2cc(Br)c(O)c(Br)c21. The number of fused-ring (bicyclic) bond motifs is 4. The van der Waals surface area contributed by atoms with Gasteiger partial charge in [-0.3, -0.25) is 4.79 Å². The first-order valence-electron chi connectivity index (χ1n) is 7.48. The molecule has 0 amide bonds. The predicted molar refractivity (Wildman–Crippen MR) is 102 cm³/mol. The molecule has 2 aromatic rings. The van der Waals surface area contributed by atoms with E-state index in [-0.39, 0.29) is 11.5 Å². The van der Waals surface area contributed by atoms with E-state index in [0.717, 1.165) is 28.1 Å². The number of aliphatic imine (C=N–C) groups is 1. The van der Waals surface area contributed by atoms with Crippen LogP contribution in [0.25, 0.3) is 0 Å². The van der Waals surface area contributed by atoms with Crippen molar-refractivity contribution in [3.63, 3.8) is 0 Å². The first-order valence-corrected chi connectivity index (χ1v) is 9.07. The lowest BCUT2D eigenvalue weighted by molar-refractivity contribution is 0.104. The van der Waals surface area contributed by atoms with Crippen LogP contribution < -0.4 is 0 Å². The quantitative estimate of drug-likeness (QED) is 0.584. The molecule has 1 N–H and O–H groups in total. The number of carbonyl (C=O) groups excluding carboxylic acids is 1. The number of aromatic hydroxyl groups is 1. The number of carbonyl (C=O) groups is 1. The summed E-state index contributed by atoms with van der Waals surface area (Å²) in [7, 11) is 0. The Labute approximate surface area is 156 Å². The first-order chi connectivity index (χ1) is 11.3. The predicted octanol–water partition coefficient (Wildman–Crippen LogP) is 5.45. The molecule has 0 radical (unpaired) electrons. The van der Waals surface area contributed by atoms with E-state index in [0.29, 0.717) is 14.5 Å². The van der Waals surface area contributed by atoms with Crippen LogP contribution in [0.3, 0.4) is 0 Å². The lowest BCUT2D eigenvalue weighted by Gasteiger charge is -2.37. The molecule has 24 heavy (non-hydrogen) atoms. The van der Waals surface area contributed by atoms with Gasteiger partial charge in [0.1, 0.15) is 5.75 Å². The Morgan fingerprint density at radius 1 is 1.12 bits per heavy atom. The van der Waals surface area contributed by atoms with E-state index in [2.05, 4.69) is 31.9 Å². The third kappa shape index (κ3) is 2.01. The lowest BCUT2D eigenvalue weighted by Crippen LogP contribution is -2.33. The highest BCUT2D eigenvalue weighted by Crippen LogP contribution is 2.52. The Morgan fingerprint density at radius 3 is 2.50 bits per heavy atom. The lowest BCUT2D eigenvalue weighted by atomic mass is 9.69. The average Bonchev–Trinajstić information content (AvgIpc) is 2.54. The number of ketones is 1. The fourth-order valence-electron chi connectivity index (χ4n) is 3.46. The van der Waals surface area contributed by atoms with Gasteiger partial charge >= 0.3 is 0 Å². The first kappa shape index (κ1) is 15.8. The van der Waals surface area contributed by atoms with Crippen LogP contribution in [0.5, 0.6) is 5.75 Å². The summed E-state index contributed by atoms with van der Waals surface area (Å²) in [5, 5.41) is 10.3. The molecule has 3 nitrogen and oxygen atoms in total. The van der Waals surface area contributed by atoms with Gasteiger partial charge in [0.05, 0.1) is 20.3 Å². The monoisotopic (exact) mass is 445 g/mol. The Hall–Kier alpha value is -1.72. The van der Waals surface area contributed by atoms with Crippen LogP contribution in [0.2, 0.25) is 0 Å². The van der Waals surface area contributed by atoms with Crippen molar-refractivity contribution < 1.29 is 9.90 Å². The molecule has 120 valence electrons. The van der Waals surface area contributed by atoms with Crippen LogP contribution in [-0.4, -0.2) is 16.6 Å². The highest BCUT2D eigenvalue weighted by molar-refractivity contribution is 9.11. The highest BCUT2D eigenvalue weighted by atomic mass is 79.9. The Bertz CT molecular complexity index is 987. The van der Waals surface area contributed by atoms with Crippen LogP contribution in [0, 0.1) is 0 Å². The second-order valence-corrected chi connectivity index (χ2v) is 8.12. The van der Waals surface area contributed by atoms with Crippen molar-refractivity contribution in [1.29, 1.82) is 0 Å². The van der Waals surface area contributed by atoms with Crippen molar-refractivity contribution >= 4 is 49.0 Å². The summed E-state index contributed by atoms with van der Waals surface area (Å²) in [6, 6.07) is 9.37. The summed E-state index contributed by atoms with van der Waals surface area (Å²) in [5.41, 5.74) is 4.44. The van der Waals surface area contributed by atoms with Crippen LogP contribution in [-0.2, 0) is 5.41 Å². The molecule has 0 aromatic heterocycles. The smallest absolute Gasteiger partial charge is 0.186 e. The Kier molecular flexibility index (Phi) is 3.38. The molecule has 1 heterocycles. The number of allylic oxidation sites excluding steroid dienone is 2. The third-order valence-corrected chi connectivity index (χ3v) is 6.06. The van der Waals surface area contributed by atoms with Gasteiger partial charge in [-0.25, -0.2) is 4.99 Å². The van der Waals surface area contributed by atoms with Gasteiger partial charge in [-0.2, -0.15) is 0 Å². The van der Waals surface area contributed by atoms with Crippen molar-refractivity contribution in [3.8, 4) is 5.75 Å². The number of phenols is 1. The second kappa shape index (κ2) is 5.14. The van der Waals surface area contributed by atoms with Crippen molar-refractivity contribution in [1.82, 2.24) is 0 Å². The van der Waals surface area contributed by atoms with Gasteiger partial charge in [0.25, 0.3) is 0 Å². The number of halogens is 2. The molecule has 2 aliphatic rings. The standard InChI is InChI=1S/C19H13Br2NO2/c1-19(2)11-7-14(23)9-5-3-4-6-10(9)17(11)22-13-8-12(20)18(24)16(21)15(13)19/h3-8,24H,1-2H3. The third-order valence-electron chi connectivity index (χ3n) is 4.68. The molecule has 0 unspecified atom stereocenters. The van der Waals surface area contributed by atoms with Gasteiger partial charge in [-0.05, 0) is 49.6 Å². The van der Waals surface area contributed by atoms with E-state index in [1.54, 1.807) is 6.08 Å². The van der Waals surface area contributed by atoms with Gasteiger partial charge in [0.15, 0.2) is 5.78 Å². The molecule has 4 rings (SSSR count). The van der Waals surface area contributed by atoms with Crippen LogP contribution in [0.1, 0.15) is 35.3 Å². The van der Waals surface area contributed by atoms with Gasteiger partial charge in [0.2, 0.25) is 0 Å². The molecular weight excluding hydrogens is 434 g/mol. The van der Waals surface area contributed by atoms with Crippen molar-refractivity contribution in [2.45, 2.75) is 19.3 Å². The van der Waals surface area contributed by atoms with Gasteiger partial charge in [-0.1, -0.05) is 38.1 Å². The molecule has 0 bridgehead atoms. The molecule has 1 aliphatic heterocycles. The van der Waals surface area contributed by atoms with E-state index < -0.39 is 5.41 Å². The average molecular weight is 447 g/mol. The van der Waals surface area contributed by atoms with E-state index in [1.807, 2.05) is 44.2 Å². The van der Waals surface area contributed by atoms with E-state index in [9.17, 15) is 9.90 Å². The highest BCUT2D eigenvalue weighted by Gasteiger charge is 2.41. The van der Waals surface area contributed by atoms with E-state index in [4.69, 9.17) is 4.99 Å². The molecule has 5 heteroatoms. The number of nitrogens with zero attached hydrogens (tertiary/aromatic N) is 1. The van der Waals surface area contributed by atoms with E-state index >= 15 is 0 Å². The topological polar surface area (TPSA) is 49.7 Å². The summed E-state index contributed by atoms with van der Waals surface area (Å²) in [6.07, 6.45) is 1.68. The zero-order valence-corrected chi connectivity index (χ0v) is 16.2. The summed E-state index contributed by atoms with van der Waals surface area (Å²) in [6.45, 7) is 4.09. The number of benzene rings is 2. The Morgan fingerprint density at radius 2 is 1.79 bits per heavy atom. The minimum Gasteiger partial charge on any atom is -0.506 e. The molecule has 0 saturated heterocycles. The molecule has 0 atom stereocenters. The van der Waals surface area contributed by atoms with Crippen molar-refractivity contribution in [3.05, 3.63) is 67.6 Å². The zero-order valence-electron chi connectivity index (χ0n) is 13.0. The fraction of sp³-hybridized carbons (Fsp3) is 0.158. The van der Waals surface area contributed by atoms with E-state index in [1.165, 1.54) is 0 Å². The normalized spacial score (nSPS) is 17.4. The minimum absolute atomic E-state index is 0.00599. The fourth-order valence-corrected chi connectivity index (χ4v) is 5.05. The number of hydrogen-bond acceptors (Lipinski definition) is 3. The summed E-state index contributed by atoms with van der Waals surface area (Å²) in [5.74, 6) is 0.136. The maximum atomic E-state index is 12.5. The minimum atomic E-state index is -0.466. The summed E-state index contributed by atoms with van der Waals surface area (Å²) >= 11 is 6.87. The van der Waals surface area contributed by atoms with Crippen molar-refractivity contribution in [2.24, 2.45) is 4.99 Å². The van der Waals surface area contributed by atoms with Crippen molar-refractivity contribution in [2.75, 3.05) is 0 Å². The zero-order chi connectivity index (χ0) is 17.2. The molecule has 0 fully saturated rings. The largest absolute Gasteiger partial charge is 0.506 e. The summed E-state index contributed by atoms with van der Waals surface area (Å²) in [4.78, 5) is 17.4.